The molecule has 8 heteroatoms. The monoisotopic (exact) mass is 357 g/mol. The van der Waals surface area contributed by atoms with Crippen LogP contribution in [-0.4, -0.2) is 33.7 Å². The fraction of sp³-hybridized carbons (Fsp3) is 0.176. The summed E-state index contributed by atoms with van der Waals surface area (Å²) in [7, 11) is 0. The molecule has 0 bridgehead atoms. The lowest BCUT2D eigenvalue weighted by atomic mass is 10.1. The van der Waals surface area contributed by atoms with Gasteiger partial charge < -0.3 is 10.1 Å². The summed E-state index contributed by atoms with van der Waals surface area (Å²) in [5.74, 6) is -1.21. The van der Waals surface area contributed by atoms with Crippen LogP contribution in [-0.2, 0) is 20.7 Å². The van der Waals surface area contributed by atoms with E-state index in [1.807, 2.05) is 16.0 Å². The van der Waals surface area contributed by atoms with Gasteiger partial charge in [-0.2, -0.15) is 0 Å². The molecule has 2 heterocycles. The van der Waals surface area contributed by atoms with Crippen molar-refractivity contribution in [1.29, 1.82) is 0 Å². The Hall–Kier alpha value is -3.00. The molecule has 1 amide bonds. The standard InChI is InChI=1S/C17H15N3O4S/c1-11(21)13-4-2-3-5-14(13)19-15(22)10-24-16(23)8-12-9-20-6-7-25-17(20)18-12/h2-7,9H,8,10H2,1H3,(H,19,22). The number of imidazole rings is 1. The summed E-state index contributed by atoms with van der Waals surface area (Å²) in [6.45, 7) is 0.994. The average molecular weight is 357 g/mol. The number of esters is 1. The Balaban J connectivity index is 1.52. The van der Waals surface area contributed by atoms with Crippen molar-refractivity contribution in [3.05, 3.63) is 53.3 Å². The highest BCUT2D eigenvalue weighted by Gasteiger charge is 2.13. The number of carbonyl (C=O) groups is 3. The van der Waals surface area contributed by atoms with Crippen molar-refractivity contribution in [1.82, 2.24) is 9.38 Å². The molecule has 0 aliphatic rings. The second-order valence-corrected chi connectivity index (χ2v) is 6.19. The first kappa shape index (κ1) is 16.8. The van der Waals surface area contributed by atoms with Gasteiger partial charge in [-0.25, -0.2) is 4.98 Å². The molecule has 1 N–H and O–H groups in total. The van der Waals surface area contributed by atoms with Crippen molar-refractivity contribution in [3.63, 3.8) is 0 Å². The number of anilines is 1. The molecular weight excluding hydrogens is 342 g/mol. The van der Waals surface area contributed by atoms with Crippen LogP contribution < -0.4 is 5.32 Å². The average Bonchev–Trinajstić information content (AvgIpc) is 3.14. The highest BCUT2D eigenvalue weighted by molar-refractivity contribution is 7.15. The lowest BCUT2D eigenvalue weighted by Crippen LogP contribution is -2.22. The van der Waals surface area contributed by atoms with E-state index in [1.54, 1.807) is 30.5 Å². The number of hydrogen-bond donors (Lipinski definition) is 1. The van der Waals surface area contributed by atoms with Crippen molar-refractivity contribution in [2.45, 2.75) is 13.3 Å². The normalized spacial score (nSPS) is 10.6. The van der Waals surface area contributed by atoms with Crippen molar-refractivity contribution in [2.24, 2.45) is 0 Å². The molecule has 0 aliphatic heterocycles. The number of nitrogens with zero attached hydrogens (tertiary/aromatic N) is 2. The van der Waals surface area contributed by atoms with Gasteiger partial charge in [0.1, 0.15) is 0 Å². The summed E-state index contributed by atoms with van der Waals surface area (Å²) in [5.41, 5.74) is 1.38. The molecule has 0 aliphatic carbocycles. The van der Waals surface area contributed by atoms with Crippen LogP contribution in [0.1, 0.15) is 23.0 Å². The Morgan fingerprint density at radius 3 is 2.84 bits per heavy atom. The first-order chi connectivity index (χ1) is 12.0. The molecule has 7 nitrogen and oxygen atoms in total. The summed E-state index contributed by atoms with van der Waals surface area (Å²) in [6, 6.07) is 6.66. The van der Waals surface area contributed by atoms with Gasteiger partial charge in [-0.15, -0.1) is 11.3 Å². The third-order valence-electron chi connectivity index (χ3n) is 3.41. The highest BCUT2D eigenvalue weighted by atomic mass is 32.1. The SMILES string of the molecule is CC(=O)c1ccccc1NC(=O)COC(=O)Cc1cn2ccsc2n1. The Bertz CT molecular complexity index is 916. The van der Waals surface area contributed by atoms with Gasteiger partial charge in [0.15, 0.2) is 17.4 Å². The van der Waals surface area contributed by atoms with E-state index >= 15 is 0 Å². The Labute approximate surface area is 147 Å². The summed E-state index contributed by atoms with van der Waals surface area (Å²) in [5, 5.41) is 4.47. The molecule has 25 heavy (non-hydrogen) atoms. The minimum Gasteiger partial charge on any atom is -0.455 e. The predicted molar refractivity (Wildman–Crippen MR) is 92.8 cm³/mol. The Morgan fingerprint density at radius 2 is 2.08 bits per heavy atom. The maximum Gasteiger partial charge on any atom is 0.312 e. The molecule has 0 atom stereocenters. The molecular formula is C17H15N3O4S. The summed E-state index contributed by atoms with van der Waals surface area (Å²) >= 11 is 1.47. The van der Waals surface area contributed by atoms with E-state index in [9.17, 15) is 14.4 Å². The van der Waals surface area contributed by atoms with E-state index in [-0.39, 0.29) is 12.2 Å². The number of fused-ring (bicyclic) bond motifs is 1. The minimum absolute atomic E-state index is 0.00822. The molecule has 3 aromatic rings. The van der Waals surface area contributed by atoms with E-state index in [2.05, 4.69) is 10.3 Å². The van der Waals surface area contributed by atoms with Crippen molar-refractivity contribution in [2.75, 3.05) is 11.9 Å². The number of para-hydroxylation sites is 1. The molecule has 0 saturated carbocycles. The third kappa shape index (κ3) is 4.10. The topological polar surface area (TPSA) is 89.8 Å². The van der Waals surface area contributed by atoms with Gasteiger partial charge >= 0.3 is 5.97 Å². The van der Waals surface area contributed by atoms with Crippen LogP contribution in [0.2, 0.25) is 0 Å². The fourth-order valence-corrected chi connectivity index (χ4v) is 3.01. The van der Waals surface area contributed by atoms with E-state index in [0.29, 0.717) is 16.9 Å². The number of nitrogens with one attached hydrogen (secondary N) is 1. The Morgan fingerprint density at radius 1 is 1.28 bits per heavy atom. The molecule has 2 aromatic heterocycles. The van der Waals surface area contributed by atoms with Crippen LogP contribution in [0.4, 0.5) is 5.69 Å². The van der Waals surface area contributed by atoms with Crippen LogP contribution in [0.3, 0.4) is 0 Å². The first-order valence-electron chi connectivity index (χ1n) is 7.49. The number of amides is 1. The number of benzene rings is 1. The summed E-state index contributed by atoms with van der Waals surface area (Å²) in [4.78, 5) is 40.4. The molecule has 1 aromatic carbocycles. The molecule has 0 saturated heterocycles. The molecule has 0 unspecified atom stereocenters. The number of hydrogen-bond acceptors (Lipinski definition) is 6. The van der Waals surface area contributed by atoms with Crippen molar-refractivity contribution >= 4 is 39.6 Å². The summed E-state index contributed by atoms with van der Waals surface area (Å²) in [6.07, 6.45) is 3.59. The second-order valence-electron chi connectivity index (χ2n) is 5.31. The number of aromatic nitrogens is 2. The highest BCUT2D eigenvalue weighted by Crippen LogP contribution is 2.15. The van der Waals surface area contributed by atoms with Crippen molar-refractivity contribution in [3.8, 4) is 0 Å². The van der Waals surface area contributed by atoms with Gasteiger partial charge in [0.25, 0.3) is 5.91 Å². The summed E-state index contributed by atoms with van der Waals surface area (Å²) < 4.78 is 6.79. The predicted octanol–water partition coefficient (Wildman–Crippen LogP) is 2.32. The van der Waals surface area contributed by atoms with Crippen LogP contribution in [0.25, 0.3) is 4.96 Å². The Kier molecular flexibility index (Phi) is 4.90. The zero-order chi connectivity index (χ0) is 17.8. The number of thiazole rings is 1. The molecule has 0 spiro atoms. The quantitative estimate of drug-likeness (QED) is 0.540. The lowest BCUT2D eigenvalue weighted by Gasteiger charge is -2.09. The number of ketones is 1. The fourth-order valence-electron chi connectivity index (χ4n) is 2.29. The van der Waals surface area contributed by atoms with E-state index in [4.69, 9.17) is 4.74 Å². The molecule has 3 rings (SSSR count). The first-order valence-corrected chi connectivity index (χ1v) is 8.37. The van der Waals surface area contributed by atoms with Gasteiger partial charge in [0.2, 0.25) is 0 Å². The van der Waals surface area contributed by atoms with E-state index < -0.39 is 18.5 Å². The maximum absolute atomic E-state index is 11.9. The zero-order valence-electron chi connectivity index (χ0n) is 13.4. The number of carbonyl (C=O) groups excluding carboxylic acids is 3. The van der Waals surface area contributed by atoms with Gasteiger partial charge in [0, 0.05) is 23.3 Å². The smallest absolute Gasteiger partial charge is 0.312 e. The van der Waals surface area contributed by atoms with Crippen LogP contribution >= 0.6 is 11.3 Å². The molecule has 0 fully saturated rings. The lowest BCUT2D eigenvalue weighted by molar-refractivity contribution is -0.146. The van der Waals surface area contributed by atoms with Crippen LogP contribution in [0.5, 0.6) is 0 Å². The van der Waals surface area contributed by atoms with Crippen LogP contribution in [0.15, 0.2) is 42.0 Å². The second kappa shape index (κ2) is 7.27. The maximum atomic E-state index is 11.9. The van der Waals surface area contributed by atoms with Gasteiger partial charge in [-0.1, -0.05) is 12.1 Å². The minimum atomic E-state index is -0.541. The number of rotatable bonds is 6. The van der Waals surface area contributed by atoms with Gasteiger partial charge in [0.05, 0.1) is 17.8 Å². The van der Waals surface area contributed by atoms with Crippen LogP contribution in [0, 0.1) is 0 Å². The molecule has 0 radical (unpaired) electrons. The number of Topliss-reactive ketones (excluding diaryl/α,β-unsaturated/α-hetero) is 1. The molecule has 128 valence electrons. The third-order valence-corrected chi connectivity index (χ3v) is 4.18. The van der Waals surface area contributed by atoms with Crippen molar-refractivity contribution < 1.29 is 19.1 Å². The van der Waals surface area contributed by atoms with Gasteiger partial charge in [-0.05, 0) is 19.1 Å². The van der Waals surface area contributed by atoms with E-state index in [0.717, 1.165) is 4.96 Å². The van der Waals surface area contributed by atoms with Gasteiger partial charge in [-0.3, -0.25) is 18.8 Å². The largest absolute Gasteiger partial charge is 0.455 e. The zero-order valence-corrected chi connectivity index (χ0v) is 14.2. The van der Waals surface area contributed by atoms with E-state index in [1.165, 1.54) is 18.3 Å². The number of ether oxygens (including phenoxy) is 1.